The molecule has 8 heteroatoms. The second-order valence-corrected chi connectivity index (χ2v) is 9.39. The fraction of sp³-hybridized carbons (Fsp3) is 0.350. The van der Waals surface area contributed by atoms with Gasteiger partial charge in [-0.3, -0.25) is 4.79 Å². The minimum atomic E-state index is -3.70. The molecule has 2 aromatic rings. The molecule has 0 bridgehead atoms. The molecule has 1 fully saturated rings. The van der Waals surface area contributed by atoms with Crippen LogP contribution in [0.15, 0.2) is 57.9 Å². The summed E-state index contributed by atoms with van der Waals surface area (Å²) >= 11 is 3.48. The summed E-state index contributed by atoms with van der Waals surface area (Å²) in [7, 11) is -2.01. The first kappa shape index (κ1) is 21.0. The highest BCUT2D eigenvalue weighted by molar-refractivity contribution is 9.10. The van der Waals surface area contributed by atoms with Crippen LogP contribution in [0.2, 0.25) is 0 Å². The zero-order chi connectivity index (χ0) is 20.1. The van der Waals surface area contributed by atoms with Gasteiger partial charge in [0, 0.05) is 36.8 Å². The van der Waals surface area contributed by atoms with Gasteiger partial charge in [0.15, 0.2) is 0 Å². The molecule has 0 aromatic heterocycles. The van der Waals surface area contributed by atoms with E-state index >= 15 is 0 Å². The van der Waals surface area contributed by atoms with Gasteiger partial charge in [-0.2, -0.15) is 0 Å². The smallest absolute Gasteiger partial charge is 0.253 e. The van der Waals surface area contributed by atoms with Crippen molar-refractivity contribution in [3.05, 3.63) is 64.1 Å². The number of nitrogens with zero attached hydrogens (tertiary/aromatic N) is 1. The van der Waals surface area contributed by atoms with Crippen LogP contribution in [0.5, 0.6) is 0 Å². The van der Waals surface area contributed by atoms with Crippen LogP contribution in [0, 0.1) is 0 Å². The van der Waals surface area contributed by atoms with Gasteiger partial charge in [-0.25, -0.2) is 13.1 Å². The lowest BCUT2D eigenvalue weighted by Crippen LogP contribution is -2.32. The minimum Gasteiger partial charge on any atom is -0.377 e. The SMILES string of the molecule is CN(Cc1ccccc1Br)C(=O)c1cccc(S(=O)(=O)NCC2CCCO2)c1. The average Bonchev–Trinajstić information content (AvgIpc) is 3.21. The van der Waals surface area contributed by atoms with Crippen LogP contribution >= 0.6 is 15.9 Å². The van der Waals surface area contributed by atoms with Crippen LogP contribution in [-0.4, -0.2) is 45.5 Å². The molecule has 1 N–H and O–H groups in total. The van der Waals surface area contributed by atoms with Crippen molar-refractivity contribution in [3.63, 3.8) is 0 Å². The lowest BCUT2D eigenvalue weighted by molar-refractivity contribution is 0.0784. The van der Waals surface area contributed by atoms with Gasteiger partial charge in [0.05, 0.1) is 11.0 Å². The molecule has 1 unspecified atom stereocenters. The summed E-state index contributed by atoms with van der Waals surface area (Å²) < 4.78 is 34.1. The summed E-state index contributed by atoms with van der Waals surface area (Å²) in [6.45, 7) is 1.32. The molecule has 0 saturated carbocycles. The number of halogens is 1. The van der Waals surface area contributed by atoms with E-state index in [4.69, 9.17) is 4.74 Å². The lowest BCUT2D eigenvalue weighted by Gasteiger charge is -2.19. The summed E-state index contributed by atoms with van der Waals surface area (Å²) in [5.74, 6) is -0.244. The van der Waals surface area contributed by atoms with E-state index in [9.17, 15) is 13.2 Å². The molecule has 1 saturated heterocycles. The molecule has 3 rings (SSSR count). The maximum atomic E-state index is 12.8. The van der Waals surface area contributed by atoms with Gasteiger partial charge < -0.3 is 9.64 Å². The number of carbonyl (C=O) groups is 1. The molecule has 0 spiro atoms. The van der Waals surface area contributed by atoms with E-state index in [1.54, 1.807) is 24.1 Å². The summed E-state index contributed by atoms with van der Waals surface area (Å²) in [6.07, 6.45) is 1.70. The van der Waals surface area contributed by atoms with Gasteiger partial charge in [0.2, 0.25) is 10.0 Å². The number of carbonyl (C=O) groups excluding carboxylic acids is 1. The van der Waals surface area contributed by atoms with E-state index in [1.807, 2.05) is 24.3 Å². The molecule has 28 heavy (non-hydrogen) atoms. The van der Waals surface area contributed by atoms with Gasteiger partial charge in [-0.1, -0.05) is 40.2 Å². The third-order valence-electron chi connectivity index (χ3n) is 4.63. The van der Waals surface area contributed by atoms with Crippen LogP contribution in [0.4, 0.5) is 0 Å². The number of hydrogen-bond donors (Lipinski definition) is 1. The van der Waals surface area contributed by atoms with Crippen molar-refractivity contribution >= 4 is 31.9 Å². The van der Waals surface area contributed by atoms with Crippen LogP contribution in [-0.2, 0) is 21.3 Å². The zero-order valence-corrected chi connectivity index (χ0v) is 18.0. The number of ether oxygens (including phenoxy) is 1. The number of amides is 1. The van der Waals surface area contributed by atoms with Crippen molar-refractivity contribution in [1.82, 2.24) is 9.62 Å². The highest BCUT2D eigenvalue weighted by atomic mass is 79.9. The molecule has 1 aliphatic heterocycles. The third kappa shape index (κ3) is 5.20. The van der Waals surface area contributed by atoms with E-state index in [-0.39, 0.29) is 23.5 Å². The Hall–Kier alpha value is -1.74. The largest absolute Gasteiger partial charge is 0.377 e. The molecule has 2 aromatic carbocycles. The van der Waals surface area contributed by atoms with Crippen LogP contribution < -0.4 is 4.72 Å². The topological polar surface area (TPSA) is 75.7 Å². The predicted molar refractivity (Wildman–Crippen MR) is 111 cm³/mol. The number of sulfonamides is 1. The average molecular weight is 467 g/mol. The van der Waals surface area contributed by atoms with Crippen LogP contribution in [0.3, 0.4) is 0 Å². The Kier molecular flexibility index (Phi) is 6.87. The zero-order valence-electron chi connectivity index (χ0n) is 15.6. The normalized spacial score (nSPS) is 16.9. The molecule has 1 atom stereocenters. The van der Waals surface area contributed by atoms with Crippen molar-refractivity contribution in [2.24, 2.45) is 0 Å². The lowest BCUT2D eigenvalue weighted by atomic mass is 10.1. The van der Waals surface area contributed by atoms with Gasteiger partial charge in [0.25, 0.3) is 5.91 Å². The standard InChI is InChI=1S/C20H23BrN2O4S/c1-23(14-16-6-2-3-10-19(16)21)20(24)15-7-4-9-18(12-15)28(25,26)22-13-17-8-5-11-27-17/h2-4,6-7,9-10,12,17,22H,5,8,11,13-14H2,1H3. The van der Waals surface area contributed by atoms with E-state index in [1.165, 1.54) is 12.1 Å². The van der Waals surface area contributed by atoms with Gasteiger partial charge in [0.1, 0.15) is 0 Å². The fourth-order valence-electron chi connectivity index (χ4n) is 3.06. The highest BCUT2D eigenvalue weighted by Crippen LogP contribution is 2.19. The molecule has 1 amide bonds. The maximum Gasteiger partial charge on any atom is 0.253 e. The monoisotopic (exact) mass is 466 g/mol. The third-order valence-corrected chi connectivity index (χ3v) is 6.82. The number of nitrogens with one attached hydrogen (secondary N) is 1. The first-order valence-corrected chi connectivity index (χ1v) is 11.3. The highest BCUT2D eigenvalue weighted by Gasteiger charge is 2.22. The Bertz CT molecular complexity index is 943. The number of benzene rings is 2. The first-order valence-electron chi connectivity index (χ1n) is 9.07. The van der Waals surface area contributed by atoms with Crippen LogP contribution in [0.25, 0.3) is 0 Å². The predicted octanol–water partition coefficient (Wildman–Crippen LogP) is 3.18. The second kappa shape index (κ2) is 9.17. The quantitative estimate of drug-likeness (QED) is 0.679. The molecule has 0 radical (unpaired) electrons. The maximum absolute atomic E-state index is 12.8. The Morgan fingerprint density at radius 2 is 2.04 bits per heavy atom. The van der Waals surface area contributed by atoms with Gasteiger partial charge in [-0.15, -0.1) is 0 Å². The Morgan fingerprint density at radius 1 is 1.25 bits per heavy atom. The number of rotatable bonds is 7. The van der Waals surface area contributed by atoms with Gasteiger partial charge in [-0.05, 0) is 42.7 Å². The second-order valence-electron chi connectivity index (χ2n) is 6.77. The van der Waals surface area contributed by atoms with E-state index < -0.39 is 10.0 Å². The van der Waals surface area contributed by atoms with Crippen molar-refractivity contribution in [1.29, 1.82) is 0 Å². The molecule has 6 nitrogen and oxygen atoms in total. The molecular formula is C20H23BrN2O4S. The number of hydrogen-bond acceptors (Lipinski definition) is 4. The Labute approximate surface area is 174 Å². The summed E-state index contributed by atoms with van der Waals surface area (Å²) in [5, 5.41) is 0. The van der Waals surface area contributed by atoms with E-state index in [0.29, 0.717) is 18.7 Å². The Morgan fingerprint density at radius 3 is 2.75 bits per heavy atom. The first-order chi connectivity index (χ1) is 13.4. The fourth-order valence-corrected chi connectivity index (χ4v) is 4.58. The summed E-state index contributed by atoms with van der Waals surface area (Å²) in [5.41, 5.74) is 1.30. The van der Waals surface area contributed by atoms with Crippen molar-refractivity contribution < 1.29 is 17.9 Å². The van der Waals surface area contributed by atoms with Gasteiger partial charge >= 0.3 is 0 Å². The molecular weight excluding hydrogens is 444 g/mol. The molecule has 1 heterocycles. The minimum absolute atomic E-state index is 0.0747. The van der Waals surface area contributed by atoms with E-state index in [0.717, 1.165) is 22.9 Å². The molecule has 150 valence electrons. The Balaban J connectivity index is 1.70. The van der Waals surface area contributed by atoms with E-state index in [2.05, 4.69) is 20.7 Å². The summed E-state index contributed by atoms with van der Waals surface area (Å²) in [6, 6.07) is 13.8. The molecule has 0 aliphatic carbocycles. The summed E-state index contributed by atoms with van der Waals surface area (Å²) in [4.78, 5) is 14.4. The van der Waals surface area contributed by atoms with Crippen molar-refractivity contribution in [2.75, 3.05) is 20.2 Å². The van der Waals surface area contributed by atoms with Crippen molar-refractivity contribution in [2.45, 2.75) is 30.4 Å². The molecule has 1 aliphatic rings. The van der Waals surface area contributed by atoms with Crippen molar-refractivity contribution in [3.8, 4) is 0 Å². The van der Waals surface area contributed by atoms with Crippen LogP contribution in [0.1, 0.15) is 28.8 Å².